The van der Waals surface area contributed by atoms with Crippen LogP contribution in [-0.2, 0) is 25.7 Å². The molecule has 0 saturated carbocycles. The molecule has 4 aromatic rings. The van der Waals surface area contributed by atoms with E-state index in [1.165, 1.54) is 167 Å². The van der Waals surface area contributed by atoms with Crippen molar-refractivity contribution in [1.29, 1.82) is 0 Å². The van der Waals surface area contributed by atoms with Crippen LogP contribution in [0.5, 0.6) is 0 Å². The zero-order valence-electron chi connectivity index (χ0n) is 37.4. The summed E-state index contributed by atoms with van der Waals surface area (Å²) < 4.78 is 0. The van der Waals surface area contributed by atoms with Crippen LogP contribution in [0.3, 0.4) is 0 Å². The molecule has 1 heteroatoms. The van der Waals surface area contributed by atoms with Gasteiger partial charge in [0.05, 0.1) is 5.69 Å². The Bertz CT molecular complexity index is 1760. The second-order valence-corrected chi connectivity index (χ2v) is 16.8. The molecule has 0 heterocycles. The van der Waals surface area contributed by atoms with E-state index in [0.717, 1.165) is 31.4 Å². The van der Waals surface area contributed by atoms with Crippen LogP contribution in [0.2, 0.25) is 0 Å². The number of unbranched alkanes of at least 4 members (excludes halogenated alkanes) is 14. The van der Waals surface area contributed by atoms with E-state index in [2.05, 4.69) is 133 Å². The van der Waals surface area contributed by atoms with E-state index < -0.39 is 0 Å². The van der Waals surface area contributed by atoms with Gasteiger partial charge in [-0.15, -0.1) is 0 Å². The van der Waals surface area contributed by atoms with E-state index >= 15 is 0 Å². The van der Waals surface area contributed by atoms with Crippen LogP contribution >= 0.6 is 0 Å². The minimum absolute atomic E-state index is 0.902. The summed E-state index contributed by atoms with van der Waals surface area (Å²) in [5.41, 5.74) is 16.5. The molecule has 0 aliphatic heterocycles. The maximum Gasteiger partial charge on any atom is 0.0642 e. The average Bonchev–Trinajstić information content (AvgIpc) is 3.24. The Labute approximate surface area is 350 Å². The number of nitrogens with zero attached hydrogens (tertiary/aromatic N) is 1. The first kappa shape index (κ1) is 46.0. The van der Waals surface area contributed by atoms with Gasteiger partial charge in [0.2, 0.25) is 0 Å². The molecule has 0 fully saturated rings. The summed E-state index contributed by atoms with van der Waals surface area (Å²) in [6.45, 7) is 13.8. The molecule has 57 heavy (non-hydrogen) atoms. The predicted molar refractivity (Wildman–Crippen MR) is 255 cm³/mol. The van der Waals surface area contributed by atoms with Crippen molar-refractivity contribution in [3.8, 4) is 22.3 Å². The molecule has 0 aliphatic carbocycles. The van der Waals surface area contributed by atoms with Crippen molar-refractivity contribution < 1.29 is 0 Å². The molecule has 0 amide bonds. The summed E-state index contributed by atoms with van der Waals surface area (Å²) in [4.78, 5) is 5.52. The monoisotopic (exact) mass is 766 g/mol. The number of benzene rings is 4. The summed E-state index contributed by atoms with van der Waals surface area (Å²) >= 11 is 0. The van der Waals surface area contributed by atoms with Gasteiger partial charge >= 0.3 is 0 Å². The standard InChI is InChI=1S/C56H79N/c1-7-12-16-19-21-26-37-50-43-51(44-55(52(50)38-15-10-4)48-34-29-24-30-35-48)57-56(11-5)45(6)40-46-41-49(36-25-18-14-9-3)53(39-31-22-20-17-13-8-2)54(42-46)47-32-27-23-28-33-47/h23-24,27-30,32-35,40-44H,7-22,25-26,31,36-39H2,1-6H3. The summed E-state index contributed by atoms with van der Waals surface area (Å²) in [6.07, 6.45) is 31.4. The van der Waals surface area contributed by atoms with Crippen LogP contribution < -0.4 is 0 Å². The van der Waals surface area contributed by atoms with Crippen LogP contribution in [-0.4, -0.2) is 5.71 Å². The average molecular weight is 766 g/mol. The van der Waals surface area contributed by atoms with E-state index in [1.807, 2.05) is 0 Å². The number of hydrogen-bond donors (Lipinski definition) is 0. The van der Waals surface area contributed by atoms with Gasteiger partial charge in [0.25, 0.3) is 0 Å². The minimum atomic E-state index is 0.902. The maximum absolute atomic E-state index is 5.52. The molecule has 0 atom stereocenters. The SMILES string of the molecule is CCCCCCCCc1cc(N=C(CC)C(C)=Cc2cc(CCCCCC)c(CCCCCCCC)c(-c3ccccc3)c2)cc(-c2ccccc2)c1CCCC. The van der Waals surface area contributed by atoms with Crippen molar-refractivity contribution in [1.82, 2.24) is 0 Å². The van der Waals surface area contributed by atoms with Crippen molar-refractivity contribution in [2.45, 2.75) is 189 Å². The molecule has 0 aliphatic rings. The van der Waals surface area contributed by atoms with Gasteiger partial charge in [-0.25, -0.2) is 0 Å². The number of aliphatic imine (C=N–C) groups is 1. The highest BCUT2D eigenvalue weighted by Crippen LogP contribution is 2.35. The van der Waals surface area contributed by atoms with E-state index in [9.17, 15) is 0 Å². The lowest BCUT2D eigenvalue weighted by atomic mass is 9.87. The van der Waals surface area contributed by atoms with Crippen molar-refractivity contribution in [2.75, 3.05) is 0 Å². The highest BCUT2D eigenvalue weighted by atomic mass is 14.7. The molecule has 0 unspecified atom stereocenters. The number of hydrogen-bond acceptors (Lipinski definition) is 1. The molecule has 0 spiro atoms. The molecular weight excluding hydrogens is 687 g/mol. The molecule has 1 nitrogen and oxygen atoms in total. The maximum atomic E-state index is 5.52. The van der Waals surface area contributed by atoms with Crippen LogP contribution in [0, 0.1) is 0 Å². The molecule has 0 N–H and O–H groups in total. The third-order valence-electron chi connectivity index (χ3n) is 12.0. The molecule has 0 bridgehead atoms. The first-order chi connectivity index (χ1) is 28.0. The zero-order valence-corrected chi connectivity index (χ0v) is 37.4. The summed E-state index contributed by atoms with van der Waals surface area (Å²) in [6, 6.07) is 32.2. The largest absolute Gasteiger partial charge is 0.253 e. The van der Waals surface area contributed by atoms with Gasteiger partial charge in [-0.2, -0.15) is 0 Å². The molecule has 4 aromatic carbocycles. The molecule has 308 valence electrons. The first-order valence-corrected chi connectivity index (χ1v) is 23.7. The summed E-state index contributed by atoms with van der Waals surface area (Å²) in [5.74, 6) is 0. The molecule has 0 saturated heterocycles. The first-order valence-electron chi connectivity index (χ1n) is 23.7. The summed E-state index contributed by atoms with van der Waals surface area (Å²) in [5, 5.41) is 0. The fraction of sp³-hybridized carbons (Fsp3) is 0.518. The van der Waals surface area contributed by atoms with Gasteiger partial charge in [0.1, 0.15) is 0 Å². The zero-order chi connectivity index (χ0) is 40.5. The quantitative estimate of drug-likeness (QED) is 0.0403. The normalized spacial score (nSPS) is 12.1. The molecular formula is C56H79N. The Kier molecular flexibility index (Phi) is 21.8. The minimum Gasteiger partial charge on any atom is -0.253 e. The van der Waals surface area contributed by atoms with Gasteiger partial charge in [0, 0.05) is 5.71 Å². The van der Waals surface area contributed by atoms with Crippen LogP contribution in [0.1, 0.15) is 191 Å². The highest BCUT2D eigenvalue weighted by Gasteiger charge is 2.16. The van der Waals surface area contributed by atoms with Crippen LogP contribution in [0.25, 0.3) is 28.3 Å². The van der Waals surface area contributed by atoms with Crippen molar-refractivity contribution in [2.24, 2.45) is 4.99 Å². The smallest absolute Gasteiger partial charge is 0.0642 e. The molecule has 0 aromatic heterocycles. The Morgan fingerprint density at radius 3 is 1.42 bits per heavy atom. The highest BCUT2D eigenvalue weighted by molar-refractivity contribution is 6.04. The lowest BCUT2D eigenvalue weighted by Gasteiger charge is -2.18. The third kappa shape index (κ3) is 15.5. The van der Waals surface area contributed by atoms with Gasteiger partial charge in [-0.1, -0.05) is 197 Å². The fourth-order valence-electron chi connectivity index (χ4n) is 8.62. The van der Waals surface area contributed by atoms with Crippen molar-refractivity contribution in [3.63, 3.8) is 0 Å². The van der Waals surface area contributed by atoms with Crippen LogP contribution in [0.4, 0.5) is 5.69 Å². The van der Waals surface area contributed by atoms with E-state index in [-0.39, 0.29) is 0 Å². The van der Waals surface area contributed by atoms with Crippen molar-refractivity contribution in [3.05, 3.63) is 118 Å². The predicted octanol–water partition coefficient (Wildman–Crippen LogP) is 17.9. The third-order valence-corrected chi connectivity index (χ3v) is 12.0. The Hall–Kier alpha value is -3.71. The fourth-order valence-corrected chi connectivity index (χ4v) is 8.62. The molecule has 4 rings (SSSR count). The van der Waals surface area contributed by atoms with Crippen molar-refractivity contribution >= 4 is 17.5 Å². The lowest BCUT2D eigenvalue weighted by Crippen LogP contribution is -2.02. The van der Waals surface area contributed by atoms with E-state index in [1.54, 1.807) is 16.7 Å². The lowest BCUT2D eigenvalue weighted by molar-refractivity contribution is 0.605. The topological polar surface area (TPSA) is 12.4 Å². The summed E-state index contributed by atoms with van der Waals surface area (Å²) in [7, 11) is 0. The number of rotatable bonds is 28. The van der Waals surface area contributed by atoms with Gasteiger partial charge in [0.15, 0.2) is 0 Å². The Morgan fingerprint density at radius 2 is 0.895 bits per heavy atom. The Balaban J connectivity index is 1.76. The van der Waals surface area contributed by atoms with E-state index in [4.69, 9.17) is 4.99 Å². The second-order valence-electron chi connectivity index (χ2n) is 16.8. The number of allylic oxidation sites excluding steroid dienone is 1. The van der Waals surface area contributed by atoms with Crippen LogP contribution in [0.15, 0.2) is 95.5 Å². The van der Waals surface area contributed by atoms with Gasteiger partial charge in [-0.05, 0) is 139 Å². The number of aryl methyl sites for hydroxylation is 2. The van der Waals surface area contributed by atoms with Gasteiger partial charge < -0.3 is 0 Å². The second kappa shape index (κ2) is 27.1. The van der Waals surface area contributed by atoms with Gasteiger partial charge in [-0.3, -0.25) is 4.99 Å². The van der Waals surface area contributed by atoms with E-state index in [0.29, 0.717) is 0 Å². The molecule has 0 radical (unpaired) electrons. The Morgan fingerprint density at radius 1 is 0.456 bits per heavy atom.